The van der Waals surface area contributed by atoms with E-state index in [1.807, 2.05) is 51.1 Å². The Morgan fingerprint density at radius 2 is 1.96 bits per heavy atom. The minimum Gasteiger partial charge on any atom is -0.347 e. The van der Waals surface area contributed by atoms with Crippen LogP contribution in [0.4, 0.5) is 10.2 Å². The normalized spacial score (nSPS) is 23.6. The van der Waals surface area contributed by atoms with Gasteiger partial charge in [0.1, 0.15) is 11.6 Å². The molecule has 0 unspecified atom stereocenters. The van der Waals surface area contributed by atoms with Crippen molar-refractivity contribution in [3.05, 3.63) is 70.8 Å². The fourth-order valence-corrected chi connectivity index (χ4v) is 4.38. The lowest BCUT2D eigenvalue weighted by atomic mass is 9.63. The number of rotatable bonds is 2. The summed E-state index contributed by atoms with van der Waals surface area (Å²) in [6.45, 7) is 6.03. The van der Waals surface area contributed by atoms with E-state index in [1.54, 1.807) is 0 Å². The van der Waals surface area contributed by atoms with Gasteiger partial charge in [-0.05, 0) is 31.9 Å². The molecule has 2 aliphatic rings. The predicted molar refractivity (Wildman–Crippen MR) is 99.2 cm³/mol. The van der Waals surface area contributed by atoms with Crippen LogP contribution in [0.15, 0.2) is 53.9 Å². The summed E-state index contributed by atoms with van der Waals surface area (Å²) in [5, 5.41) is 6.42. The number of anilines is 1. The van der Waals surface area contributed by atoms with Gasteiger partial charge in [0, 0.05) is 23.2 Å². The molecule has 4 rings (SSSR count). The Hall–Kier alpha value is -2.69. The van der Waals surface area contributed by atoms with Crippen LogP contribution in [0.2, 0.25) is 0 Å². The van der Waals surface area contributed by atoms with Gasteiger partial charge in [-0.2, -0.15) is 0 Å². The van der Waals surface area contributed by atoms with Crippen LogP contribution in [0, 0.1) is 5.82 Å². The monoisotopic (exact) mass is 351 g/mol. The Morgan fingerprint density at radius 3 is 2.65 bits per heavy atom. The smallest absolute Gasteiger partial charge is 0.250 e. The lowest BCUT2D eigenvalue weighted by Gasteiger charge is -2.46. The Labute approximate surface area is 152 Å². The lowest BCUT2D eigenvalue weighted by molar-refractivity contribution is -0.120. The van der Waals surface area contributed by atoms with E-state index in [-0.39, 0.29) is 11.4 Å². The quantitative estimate of drug-likeness (QED) is 0.863. The average molecular weight is 351 g/mol. The fourth-order valence-electron chi connectivity index (χ4n) is 4.38. The van der Waals surface area contributed by atoms with Crippen molar-refractivity contribution >= 4 is 11.7 Å². The van der Waals surface area contributed by atoms with Gasteiger partial charge in [0.25, 0.3) is 5.91 Å². The maximum atomic E-state index is 14.1. The number of carbonyl (C=O) groups excluding carboxylic acids is 1. The van der Waals surface area contributed by atoms with E-state index in [4.69, 9.17) is 0 Å². The third-order valence-corrected chi connectivity index (χ3v) is 5.41. The number of hydrogen-bond donors (Lipinski definition) is 2. The SMILES string of the molecule is CC[C@]1(c2ccccc2)C2=C(CC(C)(C)NC2=O)Nc2ncc(F)cc21. The van der Waals surface area contributed by atoms with Crippen molar-refractivity contribution in [1.29, 1.82) is 0 Å². The van der Waals surface area contributed by atoms with Crippen molar-refractivity contribution in [2.24, 2.45) is 0 Å². The Balaban J connectivity index is 2.06. The maximum Gasteiger partial charge on any atom is 0.250 e. The molecule has 0 radical (unpaired) electrons. The second-order valence-corrected chi connectivity index (χ2v) is 7.67. The number of amides is 1. The van der Waals surface area contributed by atoms with Crippen LogP contribution >= 0.6 is 0 Å². The molecule has 134 valence electrons. The number of pyridine rings is 1. The number of fused-ring (bicyclic) bond motifs is 1. The Morgan fingerprint density at radius 1 is 1.23 bits per heavy atom. The van der Waals surface area contributed by atoms with Gasteiger partial charge in [-0.15, -0.1) is 0 Å². The molecule has 1 amide bonds. The summed E-state index contributed by atoms with van der Waals surface area (Å²) in [4.78, 5) is 17.5. The number of nitrogens with one attached hydrogen (secondary N) is 2. The molecule has 26 heavy (non-hydrogen) atoms. The van der Waals surface area contributed by atoms with Crippen molar-refractivity contribution in [3.8, 4) is 0 Å². The summed E-state index contributed by atoms with van der Waals surface area (Å²) in [6.07, 6.45) is 2.52. The summed E-state index contributed by atoms with van der Waals surface area (Å²) in [5.41, 5.74) is 2.14. The number of carbonyl (C=O) groups is 1. The minimum atomic E-state index is -0.729. The molecular formula is C21H22FN3O. The van der Waals surface area contributed by atoms with E-state index in [9.17, 15) is 9.18 Å². The molecule has 1 atom stereocenters. The van der Waals surface area contributed by atoms with Crippen molar-refractivity contribution < 1.29 is 9.18 Å². The minimum absolute atomic E-state index is 0.107. The topological polar surface area (TPSA) is 54.0 Å². The average Bonchev–Trinajstić information content (AvgIpc) is 2.60. The summed E-state index contributed by atoms with van der Waals surface area (Å²) in [6, 6.07) is 11.3. The van der Waals surface area contributed by atoms with E-state index >= 15 is 0 Å². The van der Waals surface area contributed by atoms with Crippen LogP contribution in [0.3, 0.4) is 0 Å². The van der Waals surface area contributed by atoms with Gasteiger partial charge in [0.05, 0.1) is 17.2 Å². The van der Waals surface area contributed by atoms with Crippen molar-refractivity contribution in [2.45, 2.75) is 44.6 Å². The van der Waals surface area contributed by atoms with Gasteiger partial charge in [0.2, 0.25) is 0 Å². The second-order valence-electron chi connectivity index (χ2n) is 7.67. The van der Waals surface area contributed by atoms with Gasteiger partial charge >= 0.3 is 0 Å². The Bertz CT molecular complexity index is 920. The van der Waals surface area contributed by atoms with Gasteiger partial charge in [0.15, 0.2) is 0 Å². The number of halogens is 1. The van der Waals surface area contributed by atoms with Crippen LogP contribution in [0.1, 0.15) is 44.7 Å². The van der Waals surface area contributed by atoms with E-state index < -0.39 is 11.2 Å². The highest BCUT2D eigenvalue weighted by Gasteiger charge is 2.49. The molecule has 1 aromatic carbocycles. The standard InChI is InChI=1S/C21H22FN3O/c1-4-21(13-8-6-5-7-9-13)15-10-14(22)12-23-18(15)24-16-11-20(2,3)25-19(26)17(16)21/h5-10,12H,4,11H2,1-3H3,(H,23,24)(H,25,26)/t21-/m1/s1. The van der Waals surface area contributed by atoms with E-state index in [1.165, 1.54) is 12.3 Å². The summed E-state index contributed by atoms with van der Waals surface area (Å²) < 4.78 is 14.1. The van der Waals surface area contributed by atoms with Gasteiger partial charge < -0.3 is 10.6 Å². The third-order valence-electron chi connectivity index (χ3n) is 5.41. The van der Waals surface area contributed by atoms with Gasteiger partial charge in [-0.25, -0.2) is 9.37 Å². The summed E-state index contributed by atoms with van der Waals surface area (Å²) in [5.74, 6) is 0.116. The molecule has 1 aromatic heterocycles. The Kier molecular flexibility index (Phi) is 3.65. The zero-order valence-corrected chi connectivity index (χ0v) is 15.2. The molecule has 2 aliphatic heterocycles. The van der Waals surface area contributed by atoms with Gasteiger partial charge in [-0.1, -0.05) is 37.3 Å². The number of nitrogens with zero attached hydrogens (tertiary/aromatic N) is 1. The molecular weight excluding hydrogens is 329 g/mol. The van der Waals surface area contributed by atoms with Crippen LogP contribution < -0.4 is 10.6 Å². The number of aromatic nitrogens is 1. The summed E-state index contributed by atoms with van der Waals surface area (Å²) >= 11 is 0. The molecule has 5 heteroatoms. The molecule has 0 aliphatic carbocycles. The third kappa shape index (κ3) is 2.34. The highest BCUT2D eigenvalue weighted by molar-refractivity contribution is 6.01. The van der Waals surface area contributed by atoms with E-state index in [0.29, 0.717) is 29.8 Å². The fraction of sp³-hybridized carbons (Fsp3) is 0.333. The maximum absolute atomic E-state index is 14.1. The largest absolute Gasteiger partial charge is 0.347 e. The number of hydrogen-bond acceptors (Lipinski definition) is 3. The first-order chi connectivity index (χ1) is 12.4. The van der Waals surface area contributed by atoms with Crippen molar-refractivity contribution in [3.63, 3.8) is 0 Å². The highest BCUT2D eigenvalue weighted by Crippen LogP contribution is 2.51. The first-order valence-electron chi connectivity index (χ1n) is 8.92. The van der Waals surface area contributed by atoms with Crippen LogP contribution in [-0.2, 0) is 10.2 Å². The van der Waals surface area contributed by atoms with Crippen molar-refractivity contribution in [1.82, 2.24) is 10.3 Å². The zero-order valence-electron chi connectivity index (χ0n) is 15.2. The molecule has 3 heterocycles. The van der Waals surface area contributed by atoms with Gasteiger partial charge in [-0.3, -0.25) is 4.79 Å². The molecule has 0 fully saturated rings. The molecule has 0 saturated heterocycles. The lowest BCUT2D eigenvalue weighted by Crippen LogP contribution is -2.54. The van der Waals surface area contributed by atoms with Crippen LogP contribution in [0.5, 0.6) is 0 Å². The van der Waals surface area contributed by atoms with E-state index in [0.717, 1.165) is 11.3 Å². The number of benzene rings is 1. The highest BCUT2D eigenvalue weighted by atomic mass is 19.1. The first-order valence-corrected chi connectivity index (χ1v) is 8.92. The molecule has 4 nitrogen and oxygen atoms in total. The molecule has 2 N–H and O–H groups in total. The summed E-state index contributed by atoms with van der Waals surface area (Å²) in [7, 11) is 0. The predicted octanol–water partition coefficient (Wildman–Crippen LogP) is 3.89. The molecule has 0 spiro atoms. The molecule has 0 bridgehead atoms. The van der Waals surface area contributed by atoms with Crippen LogP contribution in [0.25, 0.3) is 0 Å². The second kappa shape index (κ2) is 5.66. The molecule has 2 aromatic rings. The van der Waals surface area contributed by atoms with E-state index in [2.05, 4.69) is 15.6 Å². The van der Waals surface area contributed by atoms with Crippen LogP contribution in [-0.4, -0.2) is 16.4 Å². The first kappa shape index (κ1) is 16.8. The zero-order chi connectivity index (χ0) is 18.5. The molecule has 0 saturated carbocycles. The van der Waals surface area contributed by atoms with Crippen molar-refractivity contribution in [2.75, 3.05) is 5.32 Å².